The molecular formula is C19H29N3O7. The van der Waals surface area contributed by atoms with Gasteiger partial charge in [0.15, 0.2) is 0 Å². The number of hydrogen-bond acceptors (Lipinski definition) is 6. The van der Waals surface area contributed by atoms with E-state index in [1.807, 2.05) is 0 Å². The molecule has 1 aromatic rings. The first-order valence-electron chi connectivity index (χ1n) is 9.42. The Morgan fingerprint density at radius 2 is 1.83 bits per heavy atom. The first-order chi connectivity index (χ1) is 13.9. The highest BCUT2D eigenvalue weighted by molar-refractivity contribution is 5.87. The molecule has 0 aliphatic rings. The van der Waals surface area contributed by atoms with Crippen molar-refractivity contribution in [2.75, 3.05) is 20.2 Å². The van der Waals surface area contributed by atoms with E-state index >= 15 is 0 Å². The Labute approximate surface area is 169 Å². The van der Waals surface area contributed by atoms with Gasteiger partial charge in [0.1, 0.15) is 18.4 Å². The summed E-state index contributed by atoms with van der Waals surface area (Å²) in [7, 11) is 1.46. The van der Waals surface area contributed by atoms with Gasteiger partial charge in [-0.15, -0.1) is 0 Å². The number of unbranched alkanes of at least 4 members (excludes halogenated alkanes) is 2. The molecule has 1 rings (SSSR count). The Kier molecular flexibility index (Phi) is 11.1. The molecule has 1 aromatic carbocycles. The average Bonchev–Trinajstić information content (AvgIpc) is 2.71. The molecule has 0 aliphatic carbocycles. The van der Waals surface area contributed by atoms with Crippen molar-refractivity contribution in [1.29, 1.82) is 0 Å². The Balaban J connectivity index is 2.75. The number of amides is 3. The molecule has 3 amide bonds. The molecule has 10 heteroatoms. The van der Waals surface area contributed by atoms with Gasteiger partial charge in [0.2, 0.25) is 12.0 Å². The van der Waals surface area contributed by atoms with Crippen molar-refractivity contribution in [2.24, 2.45) is 0 Å². The van der Waals surface area contributed by atoms with E-state index in [1.165, 1.54) is 7.05 Å². The number of nitrogens with one attached hydrogen (secondary N) is 3. The zero-order valence-corrected chi connectivity index (χ0v) is 16.6. The lowest BCUT2D eigenvalue weighted by Gasteiger charge is -2.19. The minimum absolute atomic E-state index is 0.245. The van der Waals surface area contributed by atoms with Crippen LogP contribution in [0.2, 0.25) is 0 Å². The fourth-order valence-corrected chi connectivity index (χ4v) is 2.48. The molecule has 2 unspecified atom stereocenters. The first kappa shape index (κ1) is 24.2. The highest BCUT2D eigenvalue weighted by atomic mass is 17.1. The maximum absolute atomic E-state index is 12.4. The van der Waals surface area contributed by atoms with Crippen LogP contribution in [0.5, 0.6) is 5.75 Å². The second kappa shape index (κ2) is 13.3. The van der Waals surface area contributed by atoms with Crippen molar-refractivity contribution in [3.8, 4) is 5.75 Å². The van der Waals surface area contributed by atoms with Crippen LogP contribution < -0.4 is 20.7 Å². The molecule has 0 aliphatic heterocycles. The fourth-order valence-electron chi connectivity index (χ4n) is 2.48. The van der Waals surface area contributed by atoms with Crippen LogP contribution in [0, 0.1) is 0 Å². The maximum Gasteiger partial charge on any atom is 0.347 e. The fraction of sp³-hybridized carbons (Fsp3) is 0.526. The van der Waals surface area contributed by atoms with Crippen LogP contribution in [-0.4, -0.2) is 60.6 Å². The Morgan fingerprint density at radius 1 is 1.14 bits per heavy atom. The molecule has 0 radical (unpaired) electrons. The number of carboxylic acids is 1. The monoisotopic (exact) mass is 411 g/mol. The van der Waals surface area contributed by atoms with Gasteiger partial charge in [0.05, 0.1) is 0 Å². The summed E-state index contributed by atoms with van der Waals surface area (Å²) in [5.41, 5.74) is 0.743. The van der Waals surface area contributed by atoms with Crippen molar-refractivity contribution in [3.63, 3.8) is 0 Å². The number of ether oxygens (including phenoxy) is 1. The SMILES string of the molecule is CCCCCNC(=O)C(Cc1ccc(OC(COO)C(=O)O)cc1)NC(=O)NC. The van der Waals surface area contributed by atoms with Crippen molar-refractivity contribution in [2.45, 2.75) is 44.8 Å². The van der Waals surface area contributed by atoms with E-state index in [0.29, 0.717) is 6.54 Å². The quantitative estimate of drug-likeness (QED) is 0.186. The van der Waals surface area contributed by atoms with Gasteiger partial charge < -0.3 is 25.8 Å². The Hall–Kier alpha value is -2.85. The lowest BCUT2D eigenvalue weighted by Crippen LogP contribution is -2.50. The second-order valence-corrected chi connectivity index (χ2v) is 6.36. The van der Waals surface area contributed by atoms with Gasteiger partial charge in [0, 0.05) is 20.0 Å². The Bertz CT molecular complexity index is 652. The van der Waals surface area contributed by atoms with Crippen LogP contribution >= 0.6 is 0 Å². The van der Waals surface area contributed by atoms with E-state index in [9.17, 15) is 14.4 Å². The molecule has 29 heavy (non-hydrogen) atoms. The molecular weight excluding hydrogens is 382 g/mol. The first-order valence-corrected chi connectivity index (χ1v) is 9.42. The molecule has 2 atom stereocenters. The van der Waals surface area contributed by atoms with Crippen LogP contribution in [0.3, 0.4) is 0 Å². The Morgan fingerprint density at radius 3 is 2.38 bits per heavy atom. The van der Waals surface area contributed by atoms with Crippen molar-refractivity contribution < 1.29 is 34.4 Å². The summed E-state index contributed by atoms with van der Waals surface area (Å²) in [6, 6.07) is 5.18. The predicted octanol–water partition coefficient (Wildman–Crippen LogP) is 1.15. The van der Waals surface area contributed by atoms with Gasteiger partial charge in [-0.2, -0.15) is 0 Å². The van der Waals surface area contributed by atoms with E-state index in [1.54, 1.807) is 24.3 Å². The molecule has 5 N–H and O–H groups in total. The molecule has 0 saturated carbocycles. The summed E-state index contributed by atoms with van der Waals surface area (Å²) in [4.78, 5) is 39.0. The van der Waals surface area contributed by atoms with Gasteiger partial charge in [-0.1, -0.05) is 31.9 Å². The van der Waals surface area contributed by atoms with E-state index in [-0.39, 0.29) is 18.1 Å². The summed E-state index contributed by atoms with van der Waals surface area (Å²) in [6.45, 7) is 2.09. The number of carbonyl (C=O) groups is 3. The van der Waals surface area contributed by atoms with Gasteiger partial charge in [-0.05, 0) is 24.1 Å². The standard InChI is InChI=1S/C19H29N3O7/c1-3-4-5-10-21-17(23)15(22-19(26)20-2)11-13-6-8-14(9-7-13)29-16(12-28-27)18(24)25/h6-9,15-16,27H,3-5,10-12H2,1-2H3,(H,21,23)(H,24,25)(H2,20,22,26). The van der Waals surface area contributed by atoms with Gasteiger partial charge in [-0.25, -0.2) is 14.5 Å². The number of carbonyl (C=O) groups excluding carboxylic acids is 2. The lowest BCUT2D eigenvalue weighted by atomic mass is 10.0. The molecule has 10 nitrogen and oxygen atoms in total. The highest BCUT2D eigenvalue weighted by Crippen LogP contribution is 2.15. The van der Waals surface area contributed by atoms with Crippen LogP contribution in [0.1, 0.15) is 31.7 Å². The third kappa shape index (κ3) is 9.26. The maximum atomic E-state index is 12.4. The van der Waals surface area contributed by atoms with E-state index < -0.39 is 30.8 Å². The molecule has 162 valence electrons. The molecule has 0 aromatic heterocycles. The molecule has 0 bridgehead atoms. The largest absolute Gasteiger partial charge is 0.478 e. The van der Waals surface area contributed by atoms with Crippen LogP contribution in [0.4, 0.5) is 4.79 Å². The van der Waals surface area contributed by atoms with E-state index in [2.05, 4.69) is 27.8 Å². The molecule has 0 spiro atoms. The minimum atomic E-state index is -1.36. The number of benzene rings is 1. The summed E-state index contributed by atoms with van der Waals surface area (Å²) in [6.07, 6.45) is 1.80. The summed E-state index contributed by atoms with van der Waals surface area (Å²) >= 11 is 0. The lowest BCUT2D eigenvalue weighted by molar-refractivity contribution is -0.254. The molecule has 0 heterocycles. The van der Waals surface area contributed by atoms with Gasteiger partial charge in [-0.3, -0.25) is 10.1 Å². The summed E-state index contributed by atoms with van der Waals surface area (Å²) in [5.74, 6) is -1.30. The summed E-state index contributed by atoms with van der Waals surface area (Å²) < 4.78 is 5.24. The molecule has 0 saturated heterocycles. The van der Waals surface area contributed by atoms with Gasteiger partial charge in [0.25, 0.3) is 0 Å². The predicted molar refractivity (Wildman–Crippen MR) is 105 cm³/mol. The number of hydrogen-bond donors (Lipinski definition) is 5. The number of urea groups is 1. The molecule has 0 fully saturated rings. The topological polar surface area (TPSA) is 146 Å². The van der Waals surface area contributed by atoms with Crippen LogP contribution in [0.25, 0.3) is 0 Å². The second-order valence-electron chi connectivity index (χ2n) is 6.36. The van der Waals surface area contributed by atoms with Gasteiger partial charge >= 0.3 is 12.0 Å². The van der Waals surface area contributed by atoms with E-state index in [0.717, 1.165) is 24.8 Å². The minimum Gasteiger partial charge on any atom is -0.478 e. The van der Waals surface area contributed by atoms with Crippen molar-refractivity contribution in [3.05, 3.63) is 29.8 Å². The van der Waals surface area contributed by atoms with Crippen LogP contribution in [0.15, 0.2) is 24.3 Å². The third-order valence-electron chi connectivity index (χ3n) is 4.07. The number of rotatable bonds is 13. The number of aliphatic carboxylic acids is 1. The summed E-state index contributed by atoms with van der Waals surface area (Å²) in [5, 5.41) is 25.3. The van der Waals surface area contributed by atoms with Crippen molar-refractivity contribution >= 4 is 17.9 Å². The normalized spacial score (nSPS) is 12.5. The van der Waals surface area contributed by atoms with Crippen molar-refractivity contribution in [1.82, 2.24) is 16.0 Å². The van der Waals surface area contributed by atoms with E-state index in [4.69, 9.17) is 15.1 Å². The highest BCUT2D eigenvalue weighted by Gasteiger charge is 2.22. The smallest absolute Gasteiger partial charge is 0.347 e. The zero-order valence-electron chi connectivity index (χ0n) is 16.6. The number of carboxylic acid groups (broad SMARTS) is 1. The zero-order chi connectivity index (χ0) is 21.6. The average molecular weight is 411 g/mol. The third-order valence-corrected chi connectivity index (χ3v) is 4.07. The van der Waals surface area contributed by atoms with Crippen LogP contribution in [-0.2, 0) is 20.9 Å².